The van der Waals surface area contributed by atoms with E-state index in [1.54, 1.807) is 4.68 Å². The molecule has 0 atom stereocenters. The quantitative estimate of drug-likeness (QED) is 0.536. The number of aryl methyl sites for hydroxylation is 3. The summed E-state index contributed by atoms with van der Waals surface area (Å²) in [6, 6.07) is 7.81. The van der Waals surface area contributed by atoms with Crippen molar-refractivity contribution in [2.24, 2.45) is 7.05 Å². The van der Waals surface area contributed by atoms with E-state index >= 15 is 0 Å². The first kappa shape index (κ1) is 22.4. The Bertz CT molecular complexity index is 1060. The van der Waals surface area contributed by atoms with Crippen LogP contribution in [0.4, 0.5) is 0 Å². The van der Waals surface area contributed by atoms with Gasteiger partial charge in [0.25, 0.3) is 5.91 Å². The zero-order chi connectivity index (χ0) is 22.4. The van der Waals surface area contributed by atoms with E-state index in [4.69, 9.17) is 14.2 Å². The normalized spacial score (nSPS) is 10.9. The van der Waals surface area contributed by atoms with Gasteiger partial charge in [-0.25, -0.2) is 9.67 Å². The molecule has 3 aromatic rings. The lowest BCUT2D eigenvalue weighted by Crippen LogP contribution is -2.30. The number of hydrogen-bond donors (Lipinski definition) is 1. The lowest BCUT2D eigenvalue weighted by Gasteiger charge is -2.12. The molecule has 3 rings (SSSR count). The molecule has 0 spiro atoms. The number of amides is 1. The van der Waals surface area contributed by atoms with Crippen molar-refractivity contribution in [2.75, 3.05) is 26.4 Å². The van der Waals surface area contributed by atoms with Crippen molar-refractivity contribution >= 4 is 16.9 Å². The number of hydrogen-bond acceptors (Lipinski definition) is 6. The SMILES string of the molecule is CCOc1ccc(CCNC(=O)COc2nn(C)c3nc(C)cc(C)c23)cc1OCC. The highest BCUT2D eigenvalue weighted by molar-refractivity contribution is 5.85. The van der Waals surface area contributed by atoms with Crippen molar-refractivity contribution in [3.05, 3.63) is 41.1 Å². The van der Waals surface area contributed by atoms with Gasteiger partial charge in [-0.15, -0.1) is 5.10 Å². The van der Waals surface area contributed by atoms with Crippen LogP contribution in [0, 0.1) is 13.8 Å². The fourth-order valence-electron chi connectivity index (χ4n) is 3.43. The Hall–Kier alpha value is -3.29. The van der Waals surface area contributed by atoms with E-state index in [1.165, 1.54) is 0 Å². The van der Waals surface area contributed by atoms with Gasteiger partial charge in [0.2, 0.25) is 5.88 Å². The molecule has 31 heavy (non-hydrogen) atoms. The van der Waals surface area contributed by atoms with Crippen LogP contribution in [-0.4, -0.2) is 47.0 Å². The highest BCUT2D eigenvalue weighted by Crippen LogP contribution is 2.29. The summed E-state index contributed by atoms with van der Waals surface area (Å²) in [5, 5.41) is 8.09. The molecule has 166 valence electrons. The summed E-state index contributed by atoms with van der Waals surface area (Å²) in [5.41, 5.74) is 3.74. The molecule has 0 aliphatic rings. The van der Waals surface area contributed by atoms with Gasteiger partial charge in [0.15, 0.2) is 23.8 Å². The van der Waals surface area contributed by atoms with Crippen LogP contribution in [0.25, 0.3) is 11.0 Å². The molecule has 0 fully saturated rings. The van der Waals surface area contributed by atoms with Crippen molar-refractivity contribution in [1.82, 2.24) is 20.1 Å². The highest BCUT2D eigenvalue weighted by atomic mass is 16.5. The molecule has 0 bridgehead atoms. The zero-order valence-electron chi connectivity index (χ0n) is 18.8. The van der Waals surface area contributed by atoms with Gasteiger partial charge in [0.05, 0.1) is 18.6 Å². The molecule has 1 aromatic carbocycles. The topological polar surface area (TPSA) is 87.5 Å². The largest absolute Gasteiger partial charge is 0.490 e. The monoisotopic (exact) mass is 426 g/mol. The number of ether oxygens (including phenoxy) is 3. The summed E-state index contributed by atoms with van der Waals surface area (Å²) in [6.07, 6.45) is 0.674. The summed E-state index contributed by atoms with van der Waals surface area (Å²) in [4.78, 5) is 16.8. The van der Waals surface area contributed by atoms with Crippen LogP contribution in [0.2, 0.25) is 0 Å². The van der Waals surface area contributed by atoms with Gasteiger partial charge >= 0.3 is 0 Å². The molecule has 1 amide bonds. The summed E-state index contributed by atoms with van der Waals surface area (Å²) in [6.45, 7) is 9.33. The Balaban J connectivity index is 1.55. The second-order valence-corrected chi connectivity index (χ2v) is 7.24. The molecule has 0 radical (unpaired) electrons. The number of pyridine rings is 1. The fourth-order valence-corrected chi connectivity index (χ4v) is 3.43. The van der Waals surface area contributed by atoms with E-state index in [0.717, 1.165) is 39.4 Å². The molecule has 2 heterocycles. The van der Waals surface area contributed by atoms with Crippen molar-refractivity contribution in [3.63, 3.8) is 0 Å². The lowest BCUT2D eigenvalue weighted by molar-refractivity contribution is -0.123. The van der Waals surface area contributed by atoms with Crippen LogP contribution < -0.4 is 19.5 Å². The van der Waals surface area contributed by atoms with E-state index in [0.29, 0.717) is 32.1 Å². The molecular formula is C23H30N4O4. The van der Waals surface area contributed by atoms with Crippen molar-refractivity contribution in [3.8, 4) is 17.4 Å². The van der Waals surface area contributed by atoms with Crippen LogP contribution in [0.1, 0.15) is 30.7 Å². The van der Waals surface area contributed by atoms with Crippen molar-refractivity contribution in [2.45, 2.75) is 34.1 Å². The van der Waals surface area contributed by atoms with Gasteiger partial charge < -0.3 is 19.5 Å². The summed E-state index contributed by atoms with van der Waals surface area (Å²) in [7, 11) is 1.81. The van der Waals surface area contributed by atoms with Gasteiger partial charge in [-0.2, -0.15) is 0 Å². The minimum absolute atomic E-state index is 0.104. The van der Waals surface area contributed by atoms with E-state index < -0.39 is 0 Å². The Kier molecular flexibility index (Phi) is 7.33. The van der Waals surface area contributed by atoms with Gasteiger partial charge in [-0.05, 0) is 63.4 Å². The molecular weight excluding hydrogens is 396 g/mol. The maximum Gasteiger partial charge on any atom is 0.258 e. The maximum absolute atomic E-state index is 12.3. The summed E-state index contributed by atoms with van der Waals surface area (Å²) >= 11 is 0. The first-order valence-electron chi connectivity index (χ1n) is 10.5. The lowest BCUT2D eigenvalue weighted by atomic mass is 10.1. The number of benzene rings is 1. The second kappa shape index (κ2) is 10.1. The van der Waals surface area contributed by atoms with E-state index in [1.807, 2.05) is 59.0 Å². The van der Waals surface area contributed by atoms with Crippen LogP contribution in [0.5, 0.6) is 17.4 Å². The Morgan fingerprint density at radius 3 is 2.55 bits per heavy atom. The summed E-state index contributed by atoms with van der Waals surface area (Å²) < 4.78 is 18.6. The molecule has 2 aromatic heterocycles. The average molecular weight is 427 g/mol. The Labute approximate surface area is 182 Å². The third-order valence-electron chi connectivity index (χ3n) is 4.77. The van der Waals surface area contributed by atoms with Crippen LogP contribution >= 0.6 is 0 Å². The zero-order valence-corrected chi connectivity index (χ0v) is 18.8. The predicted octanol–water partition coefficient (Wildman–Crippen LogP) is 3.12. The molecule has 8 nitrogen and oxygen atoms in total. The number of nitrogens with zero attached hydrogens (tertiary/aromatic N) is 3. The van der Waals surface area contributed by atoms with Gasteiger partial charge in [0.1, 0.15) is 0 Å². The number of nitrogens with one attached hydrogen (secondary N) is 1. The molecule has 0 aliphatic carbocycles. The predicted molar refractivity (Wildman–Crippen MR) is 119 cm³/mol. The standard InChI is InChI=1S/C23H30N4O4/c1-6-29-18-9-8-17(13-19(18)30-7-2)10-11-24-20(28)14-31-23-21-15(3)12-16(4)25-22(21)27(5)26-23/h8-9,12-13H,6-7,10-11,14H2,1-5H3,(H,24,28). The first-order valence-corrected chi connectivity index (χ1v) is 10.5. The maximum atomic E-state index is 12.3. The smallest absolute Gasteiger partial charge is 0.258 e. The van der Waals surface area contributed by atoms with Gasteiger partial charge in [-0.3, -0.25) is 4.79 Å². The van der Waals surface area contributed by atoms with E-state index in [2.05, 4.69) is 15.4 Å². The second-order valence-electron chi connectivity index (χ2n) is 7.24. The van der Waals surface area contributed by atoms with Crippen LogP contribution in [0.3, 0.4) is 0 Å². The number of rotatable bonds is 10. The Morgan fingerprint density at radius 1 is 1.06 bits per heavy atom. The number of carbonyl (C=O) groups is 1. The van der Waals surface area contributed by atoms with Crippen molar-refractivity contribution in [1.29, 1.82) is 0 Å². The third kappa shape index (κ3) is 5.45. The molecule has 0 saturated heterocycles. The van der Waals surface area contributed by atoms with Gasteiger partial charge in [0, 0.05) is 19.3 Å². The van der Waals surface area contributed by atoms with Gasteiger partial charge in [-0.1, -0.05) is 6.07 Å². The molecule has 8 heteroatoms. The Morgan fingerprint density at radius 2 is 1.81 bits per heavy atom. The molecule has 0 saturated carbocycles. The molecule has 0 unspecified atom stereocenters. The number of aromatic nitrogens is 3. The average Bonchev–Trinajstić information content (AvgIpc) is 3.04. The van der Waals surface area contributed by atoms with E-state index in [-0.39, 0.29) is 12.5 Å². The third-order valence-corrected chi connectivity index (χ3v) is 4.77. The first-order chi connectivity index (χ1) is 14.9. The number of fused-ring (bicyclic) bond motifs is 1. The van der Waals surface area contributed by atoms with Crippen LogP contribution in [0.15, 0.2) is 24.3 Å². The fraction of sp³-hybridized carbons (Fsp3) is 0.435. The highest BCUT2D eigenvalue weighted by Gasteiger charge is 2.15. The number of carbonyl (C=O) groups excluding carboxylic acids is 1. The molecule has 1 N–H and O–H groups in total. The summed E-state index contributed by atoms with van der Waals surface area (Å²) in [5.74, 6) is 1.67. The van der Waals surface area contributed by atoms with E-state index in [9.17, 15) is 4.79 Å². The molecule has 0 aliphatic heterocycles. The van der Waals surface area contributed by atoms with Crippen molar-refractivity contribution < 1.29 is 19.0 Å². The minimum atomic E-state index is -0.201. The minimum Gasteiger partial charge on any atom is -0.490 e. The van der Waals surface area contributed by atoms with Crippen LogP contribution in [-0.2, 0) is 18.3 Å².